The van der Waals surface area contributed by atoms with Gasteiger partial charge in [0.25, 0.3) is 5.56 Å². The van der Waals surface area contributed by atoms with E-state index in [0.29, 0.717) is 23.3 Å². The van der Waals surface area contributed by atoms with E-state index in [1.165, 1.54) is 0 Å². The zero-order valence-electron chi connectivity index (χ0n) is 16.2. The standard InChI is InChI=1S/C23H25ClN2O2/c1-13(2)17-7-5-15(11-20(17)24)19(12-16-6-10-22(27)25-16)21-9-8-18(14-3-4-14)23(28)26-21/h5,7-9,11-14,16H,3-4,6,10H2,1-2H3,(H,25,27)(H,26,28)/b19-12-/t16-/m1/s1. The van der Waals surface area contributed by atoms with Crippen molar-refractivity contribution in [2.75, 3.05) is 0 Å². The Balaban J connectivity index is 1.77. The third kappa shape index (κ3) is 3.93. The molecule has 5 heteroatoms. The highest BCUT2D eigenvalue weighted by Crippen LogP contribution is 2.38. The van der Waals surface area contributed by atoms with Crippen LogP contribution < -0.4 is 10.9 Å². The van der Waals surface area contributed by atoms with Crippen LogP contribution in [0, 0.1) is 0 Å². The fraction of sp³-hybridized carbons (Fsp3) is 0.391. The number of hydrogen-bond acceptors (Lipinski definition) is 2. The molecule has 1 amide bonds. The molecule has 1 aromatic carbocycles. The van der Waals surface area contributed by atoms with Gasteiger partial charge in [0.05, 0.1) is 0 Å². The molecule has 2 fully saturated rings. The molecule has 1 aliphatic heterocycles. The predicted octanol–water partition coefficient (Wildman–Crippen LogP) is 4.74. The second-order valence-electron chi connectivity index (χ2n) is 8.11. The van der Waals surface area contributed by atoms with Crippen LogP contribution in [-0.2, 0) is 4.79 Å². The van der Waals surface area contributed by atoms with E-state index < -0.39 is 0 Å². The number of amides is 1. The summed E-state index contributed by atoms with van der Waals surface area (Å²) < 4.78 is 0. The number of nitrogens with one attached hydrogen (secondary N) is 2. The topological polar surface area (TPSA) is 62.0 Å². The SMILES string of the molecule is CC(C)c1ccc(/C(=C/[C@H]2CCC(=O)N2)c2ccc(C3CC3)c(=O)[nH]2)cc1Cl. The van der Waals surface area contributed by atoms with E-state index in [2.05, 4.69) is 24.1 Å². The summed E-state index contributed by atoms with van der Waals surface area (Å²) in [6.07, 6.45) is 5.49. The van der Waals surface area contributed by atoms with Gasteiger partial charge < -0.3 is 10.3 Å². The summed E-state index contributed by atoms with van der Waals surface area (Å²) in [6, 6.07) is 9.90. The number of halogens is 1. The van der Waals surface area contributed by atoms with Gasteiger partial charge in [-0.05, 0) is 54.4 Å². The third-order valence-corrected chi connectivity index (χ3v) is 5.90. The van der Waals surface area contributed by atoms with Crippen molar-refractivity contribution in [2.45, 2.75) is 57.4 Å². The molecular weight excluding hydrogens is 372 g/mol. The highest BCUT2D eigenvalue weighted by molar-refractivity contribution is 6.31. The Kier molecular flexibility index (Phi) is 5.15. The monoisotopic (exact) mass is 396 g/mol. The van der Waals surface area contributed by atoms with Gasteiger partial charge in [-0.3, -0.25) is 9.59 Å². The van der Waals surface area contributed by atoms with Gasteiger partial charge in [0.15, 0.2) is 0 Å². The van der Waals surface area contributed by atoms with Crippen LogP contribution in [0.4, 0.5) is 0 Å². The van der Waals surface area contributed by atoms with Crippen molar-refractivity contribution in [2.24, 2.45) is 0 Å². The summed E-state index contributed by atoms with van der Waals surface area (Å²) in [5.74, 6) is 0.797. The van der Waals surface area contributed by atoms with E-state index in [0.717, 1.165) is 47.2 Å². The molecule has 2 aliphatic rings. The van der Waals surface area contributed by atoms with Crippen LogP contribution in [0.2, 0.25) is 5.02 Å². The summed E-state index contributed by atoms with van der Waals surface area (Å²) >= 11 is 6.53. The van der Waals surface area contributed by atoms with Gasteiger partial charge in [0.2, 0.25) is 5.91 Å². The lowest BCUT2D eigenvalue weighted by Gasteiger charge is -2.15. The van der Waals surface area contributed by atoms with Crippen molar-refractivity contribution in [3.63, 3.8) is 0 Å². The zero-order valence-corrected chi connectivity index (χ0v) is 17.0. The molecule has 28 heavy (non-hydrogen) atoms. The first-order valence-electron chi connectivity index (χ1n) is 9.97. The molecule has 1 saturated carbocycles. The van der Waals surface area contributed by atoms with Gasteiger partial charge in [-0.2, -0.15) is 0 Å². The molecule has 4 nitrogen and oxygen atoms in total. The lowest BCUT2D eigenvalue weighted by molar-refractivity contribution is -0.119. The van der Waals surface area contributed by atoms with Crippen LogP contribution in [0.1, 0.15) is 73.8 Å². The van der Waals surface area contributed by atoms with Crippen LogP contribution >= 0.6 is 11.6 Å². The third-order valence-electron chi connectivity index (χ3n) is 5.58. The molecule has 0 bridgehead atoms. The van der Waals surface area contributed by atoms with E-state index in [9.17, 15) is 9.59 Å². The number of pyridine rings is 1. The molecular formula is C23H25ClN2O2. The van der Waals surface area contributed by atoms with Gasteiger partial charge in [-0.15, -0.1) is 0 Å². The number of aromatic amines is 1. The quantitative estimate of drug-likeness (QED) is 0.766. The predicted molar refractivity (Wildman–Crippen MR) is 113 cm³/mol. The molecule has 2 heterocycles. The number of benzene rings is 1. The molecule has 1 atom stereocenters. The lowest BCUT2D eigenvalue weighted by atomic mass is 9.95. The molecule has 0 radical (unpaired) electrons. The van der Waals surface area contributed by atoms with Crippen molar-refractivity contribution in [3.05, 3.63) is 74.2 Å². The Labute approximate surface area is 170 Å². The van der Waals surface area contributed by atoms with E-state index in [1.54, 1.807) is 0 Å². The van der Waals surface area contributed by atoms with Gasteiger partial charge in [-0.25, -0.2) is 0 Å². The van der Waals surface area contributed by atoms with Gasteiger partial charge in [-0.1, -0.05) is 49.7 Å². The number of hydrogen-bond donors (Lipinski definition) is 2. The maximum Gasteiger partial charge on any atom is 0.251 e. The highest BCUT2D eigenvalue weighted by Gasteiger charge is 2.27. The molecule has 1 aliphatic carbocycles. The average Bonchev–Trinajstić information content (AvgIpc) is 3.40. The fourth-order valence-electron chi connectivity index (χ4n) is 3.83. The van der Waals surface area contributed by atoms with Crippen molar-refractivity contribution in [1.82, 2.24) is 10.3 Å². The maximum atomic E-state index is 12.6. The van der Waals surface area contributed by atoms with Gasteiger partial charge in [0.1, 0.15) is 0 Å². The first kappa shape index (κ1) is 19.0. The molecule has 1 aromatic heterocycles. The second-order valence-corrected chi connectivity index (χ2v) is 8.52. The minimum absolute atomic E-state index is 0.0220. The summed E-state index contributed by atoms with van der Waals surface area (Å²) in [7, 11) is 0. The van der Waals surface area contributed by atoms with E-state index in [-0.39, 0.29) is 17.5 Å². The van der Waals surface area contributed by atoms with Crippen molar-refractivity contribution in [1.29, 1.82) is 0 Å². The Morgan fingerprint density at radius 2 is 1.93 bits per heavy atom. The number of H-pyrrole nitrogens is 1. The average molecular weight is 397 g/mol. The molecule has 2 N–H and O–H groups in total. The Bertz CT molecular complexity index is 1000. The van der Waals surface area contributed by atoms with Crippen molar-refractivity contribution < 1.29 is 4.79 Å². The van der Waals surface area contributed by atoms with E-state index in [4.69, 9.17) is 11.6 Å². The zero-order chi connectivity index (χ0) is 19.8. The highest BCUT2D eigenvalue weighted by atomic mass is 35.5. The normalized spacial score (nSPS) is 19.9. The van der Waals surface area contributed by atoms with E-state index >= 15 is 0 Å². The van der Waals surface area contributed by atoms with Gasteiger partial charge >= 0.3 is 0 Å². The molecule has 146 valence electrons. The largest absolute Gasteiger partial charge is 0.350 e. The minimum atomic E-state index is -0.0438. The Morgan fingerprint density at radius 3 is 2.50 bits per heavy atom. The molecule has 0 unspecified atom stereocenters. The maximum absolute atomic E-state index is 12.6. The number of rotatable bonds is 5. The number of aromatic nitrogens is 1. The smallest absolute Gasteiger partial charge is 0.251 e. The summed E-state index contributed by atoms with van der Waals surface area (Å²) in [5, 5.41) is 3.70. The number of carbonyl (C=O) groups is 1. The van der Waals surface area contributed by atoms with E-state index in [1.807, 2.05) is 36.4 Å². The molecule has 1 saturated heterocycles. The summed E-state index contributed by atoms with van der Waals surface area (Å²) in [6.45, 7) is 4.22. The van der Waals surface area contributed by atoms with Crippen molar-refractivity contribution >= 4 is 23.1 Å². The second kappa shape index (κ2) is 7.59. The van der Waals surface area contributed by atoms with Gasteiger partial charge in [0, 0.05) is 34.3 Å². The first-order valence-corrected chi connectivity index (χ1v) is 10.3. The Morgan fingerprint density at radius 1 is 1.14 bits per heavy atom. The molecule has 0 spiro atoms. The number of carbonyl (C=O) groups excluding carboxylic acids is 1. The Hall–Kier alpha value is -2.33. The fourth-order valence-corrected chi connectivity index (χ4v) is 4.22. The minimum Gasteiger partial charge on any atom is -0.350 e. The van der Waals surface area contributed by atoms with Crippen LogP contribution in [0.25, 0.3) is 5.57 Å². The lowest BCUT2D eigenvalue weighted by Crippen LogP contribution is -2.23. The van der Waals surface area contributed by atoms with Crippen LogP contribution in [0.5, 0.6) is 0 Å². The first-order chi connectivity index (χ1) is 13.4. The van der Waals surface area contributed by atoms with Crippen molar-refractivity contribution in [3.8, 4) is 0 Å². The summed E-state index contributed by atoms with van der Waals surface area (Å²) in [5.41, 5.74) is 4.52. The summed E-state index contributed by atoms with van der Waals surface area (Å²) in [4.78, 5) is 27.3. The van der Waals surface area contributed by atoms with Crippen LogP contribution in [0.3, 0.4) is 0 Å². The molecule has 2 aromatic rings. The van der Waals surface area contributed by atoms with Crippen LogP contribution in [-0.4, -0.2) is 16.9 Å². The van der Waals surface area contributed by atoms with Crippen LogP contribution in [0.15, 0.2) is 41.2 Å². The molecule has 4 rings (SSSR count).